The van der Waals surface area contributed by atoms with E-state index < -0.39 is 10.0 Å². The lowest BCUT2D eigenvalue weighted by molar-refractivity contribution is -0.121. The van der Waals surface area contributed by atoms with Crippen molar-refractivity contribution in [3.63, 3.8) is 0 Å². The predicted octanol–water partition coefficient (Wildman–Crippen LogP) is 2.83. The molecule has 3 atom stereocenters. The lowest BCUT2D eigenvalue weighted by atomic mass is 9.88. The van der Waals surface area contributed by atoms with Gasteiger partial charge >= 0.3 is 0 Å². The van der Waals surface area contributed by atoms with Crippen LogP contribution in [-0.4, -0.2) is 27.2 Å². The number of anilines is 2. The Balaban J connectivity index is 1.71. The first kappa shape index (κ1) is 17.1. The fourth-order valence-corrected chi connectivity index (χ4v) is 4.54. The van der Waals surface area contributed by atoms with Gasteiger partial charge in [0.15, 0.2) is 0 Å². The molecular formula is C17H24N2O4S. The molecule has 132 valence electrons. The van der Waals surface area contributed by atoms with Crippen LogP contribution in [0.1, 0.15) is 32.6 Å². The van der Waals surface area contributed by atoms with Gasteiger partial charge in [-0.1, -0.05) is 6.42 Å². The van der Waals surface area contributed by atoms with Crippen molar-refractivity contribution in [3.05, 3.63) is 18.2 Å². The number of nitrogens with one attached hydrogen (secondary N) is 2. The van der Waals surface area contributed by atoms with Crippen molar-refractivity contribution in [2.45, 2.75) is 32.6 Å². The number of carbonyl (C=O) groups is 1. The van der Waals surface area contributed by atoms with Gasteiger partial charge in [-0.2, -0.15) is 0 Å². The highest BCUT2D eigenvalue weighted by Gasteiger charge is 2.43. The van der Waals surface area contributed by atoms with Crippen molar-refractivity contribution < 1.29 is 17.9 Å². The minimum atomic E-state index is -3.38. The summed E-state index contributed by atoms with van der Waals surface area (Å²) >= 11 is 0. The first-order valence-electron chi connectivity index (χ1n) is 8.41. The highest BCUT2D eigenvalue weighted by molar-refractivity contribution is 7.92. The molecule has 1 aromatic carbocycles. The van der Waals surface area contributed by atoms with Crippen molar-refractivity contribution >= 4 is 27.3 Å². The van der Waals surface area contributed by atoms with Gasteiger partial charge in [-0.3, -0.25) is 9.52 Å². The second kappa shape index (κ2) is 6.63. The van der Waals surface area contributed by atoms with E-state index in [2.05, 4.69) is 10.0 Å². The van der Waals surface area contributed by atoms with Crippen LogP contribution in [0, 0.1) is 17.8 Å². The van der Waals surface area contributed by atoms with Crippen LogP contribution in [0.3, 0.4) is 0 Å². The number of hydrogen-bond acceptors (Lipinski definition) is 4. The SMILES string of the molecule is CCS(=O)(=O)Nc1ccc(NC(=O)C2CC3CCC2C3)cc1OC. The van der Waals surface area contributed by atoms with Gasteiger partial charge in [0.2, 0.25) is 15.9 Å². The summed E-state index contributed by atoms with van der Waals surface area (Å²) in [7, 11) is -1.90. The Morgan fingerprint density at radius 1 is 1.29 bits per heavy atom. The molecule has 6 nitrogen and oxygen atoms in total. The number of carbonyl (C=O) groups excluding carboxylic acids is 1. The van der Waals surface area contributed by atoms with E-state index in [1.54, 1.807) is 25.1 Å². The van der Waals surface area contributed by atoms with E-state index in [9.17, 15) is 13.2 Å². The van der Waals surface area contributed by atoms with Gasteiger partial charge < -0.3 is 10.1 Å². The fourth-order valence-electron chi connectivity index (χ4n) is 3.89. The summed E-state index contributed by atoms with van der Waals surface area (Å²) in [5.41, 5.74) is 0.997. The third-order valence-electron chi connectivity index (χ3n) is 5.19. The molecule has 0 saturated heterocycles. The molecule has 1 aromatic rings. The molecule has 2 aliphatic carbocycles. The van der Waals surface area contributed by atoms with Gasteiger partial charge in [-0.05, 0) is 50.2 Å². The third-order valence-corrected chi connectivity index (χ3v) is 6.48. The lowest BCUT2D eigenvalue weighted by Gasteiger charge is -2.21. The summed E-state index contributed by atoms with van der Waals surface area (Å²) in [5.74, 6) is 1.77. The Bertz CT molecular complexity index is 732. The Hall–Kier alpha value is -1.76. The van der Waals surface area contributed by atoms with Crippen LogP contribution < -0.4 is 14.8 Å². The molecule has 7 heteroatoms. The minimum absolute atomic E-state index is 0.0150. The average molecular weight is 352 g/mol. The number of amides is 1. The van der Waals surface area contributed by atoms with Crippen LogP contribution in [0.25, 0.3) is 0 Å². The van der Waals surface area contributed by atoms with Crippen LogP contribution in [0.2, 0.25) is 0 Å². The summed E-state index contributed by atoms with van der Waals surface area (Å²) in [6, 6.07) is 4.96. The van der Waals surface area contributed by atoms with Gasteiger partial charge in [0.1, 0.15) is 5.75 Å². The summed E-state index contributed by atoms with van der Waals surface area (Å²) in [4.78, 5) is 12.5. The van der Waals surface area contributed by atoms with Crippen molar-refractivity contribution in [1.29, 1.82) is 0 Å². The molecule has 1 amide bonds. The van der Waals surface area contributed by atoms with E-state index in [-0.39, 0.29) is 17.6 Å². The van der Waals surface area contributed by atoms with Crippen LogP contribution in [0.5, 0.6) is 5.75 Å². The van der Waals surface area contributed by atoms with Crippen LogP contribution >= 0.6 is 0 Å². The van der Waals surface area contributed by atoms with Crippen molar-refractivity contribution in [1.82, 2.24) is 0 Å². The van der Waals surface area contributed by atoms with Gasteiger partial charge in [0.25, 0.3) is 0 Å². The smallest absolute Gasteiger partial charge is 0.232 e. The fraction of sp³-hybridized carbons (Fsp3) is 0.588. The predicted molar refractivity (Wildman–Crippen MR) is 93.6 cm³/mol. The van der Waals surface area contributed by atoms with Crippen LogP contribution in [-0.2, 0) is 14.8 Å². The zero-order valence-corrected chi connectivity index (χ0v) is 14.9. The molecule has 2 saturated carbocycles. The number of methoxy groups -OCH3 is 1. The van der Waals surface area contributed by atoms with E-state index in [1.165, 1.54) is 20.0 Å². The van der Waals surface area contributed by atoms with Gasteiger partial charge in [-0.25, -0.2) is 8.42 Å². The highest BCUT2D eigenvalue weighted by Crippen LogP contribution is 2.48. The molecule has 3 unspecified atom stereocenters. The molecule has 0 heterocycles. The maximum atomic E-state index is 12.5. The second-order valence-corrected chi connectivity index (χ2v) is 8.70. The zero-order chi connectivity index (χ0) is 17.3. The first-order chi connectivity index (χ1) is 11.4. The number of fused-ring (bicyclic) bond motifs is 2. The monoisotopic (exact) mass is 352 g/mol. The Labute approximate surface area is 143 Å². The summed E-state index contributed by atoms with van der Waals surface area (Å²) < 4.78 is 31.2. The standard InChI is InChI=1S/C17H24N2O4S/c1-3-24(21,22)19-15-7-6-13(10-16(15)23-2)18-17(20)14-9-11-4-5-12(14)8-11/h6-7,10-12,14,19H,3-5,8-9H2,1-2H3,(H,18,20). The number of hydrogen-bond donors (Lipinski definition) is 2. The summed E-state index contributed by atoms with van der Waals surface area (Å²) in [6.07, 6.45) is 4.58. The number of ether oxygens (including phenoxy) is 1. The molecular weight excluding hydrogens is 328 g/mol. The largest absolute Gasteiger partial charge is 0.494 e. The third kappa shape index (κ3) is 3.50. The van der Waals surface area contributed by atoms with E-state index in [1.807, 2.05) is 0 Å². The van der Waals surface area contributed by atoms with Gasteiger partial charge in [-0.15, -0.1) is 0 Å². The van der Waals surface area contributed by atoms with Gasteiger partial charge in [0.05, 0.1) is 18.6 Å². The number of benzene rings is 1. The molecule has 2 N–H and O–H groups in total. The zero-order valence-electron chi connectivity index (χ0n) is 14.0. The molecule has 0 aliphatic heterocycles. The molecule has 2 fully saturated rings. The maximum absolute atomic E-state index is 12.5. The molecule has 0 spiro atoms. The highest BCUT2D eigenvalue weighted by atomic mass is 32.2. The maximum Gasteiger partial charge on any atom is 0.232 e. The van der Waals surface area contributed by atoms with E-state index >= 15 is 0 Å². The number of rotatable bonds is 6. The Morgan fingerprint density at radius 3 is 2.67 bits per heavy atom. The quantitative estimate of drug-likeness (QED) is 0.824. The van der Waals surface area contributed by atoms with Gasteiger partial charge in [0, 0.05) is 17.7 Å². The van der Waals surface area contributed by atoms with E-state index in [4.69, 9.17) is 4.74 Å². The molecule has 2 aliphatic rings. The molecule has 24 heavy (non-hydrogen) atoms. The molecule has 2 bridgehead atoms. The number of sulfonamides is 1. The minimum Gasteiger partial charge on any atom is -0.494 e. The summed E-state index contributed by atoms with van der Waals surface area (Å²) in [5, 5.41) is 2.95. The van der Waals surface area contributed by atoms with E-state index in [0.29, 0.717) is 29.0 Å². The second-order valence-electron chi connectivity index (χ2n) is 6.69. The summed E-state index contributed by atoms with van der Waals surface area (Å²) in [6.45, 7) is 1.57. The molecule has 0 aromatic heterocycles. The molecule has 0 radical (unpaired) electrons. The van der Waals surface area contributed by atoms with E-state index in [0.717, 1.165) is 12.8 Å². The molecule has 3 rings (SSSR count). The van der Waals surface area contributed by atoms with Crippen LogP contribution in [0.15, 0.2) is 18.2 Å². The topological polar surface area (TPSA) is 84.5 Å². The Kier molecular flexibility index (Phi) is 4.71. The van der Waals surface area contributed by atoms with Crippen LogP contribution in [0.4, 0.5) is 11.4 Å². The van der Waals surface area contributed by atoms with Crippen molar-refractivity contribution in [2.24, 2.45) is 17.8 Å². The average Bonchev–Trinajstić information content (AvgIpc) is 3.19. The normalized spacial score (nSPS) is 25.5. The lowest BCUT2D eigenvalue weighted by Crippen LogP contribution is -2.27. The van der Waals surface area contributed by atoms with Crippen molar-refractivity contribution in [3.8, 4) is 5.75 Å². The first-order valence-corrected chi connectivity index (χ1v) is 10.1. The Morgan fingerprint density at radius 2 is 2.08 bits per heavy atom. The van der Waals surface area contributed by atoms with Crippen molar-refractivity contribution in [2.75, 3.05) is 22.9 Å².